The molecule has 0 aliphatic carbocycles. The van der Waals surface area contributed by atoms with Crippen LogP contribution in [0.15, 0.2) is 54.0 Å². The van der Waals surface area contributed by atoms with Gasteiger partial charge in [0.1, 0.15) is 13.2 Å². The van der Waals surface area contributed by atoms with Gasteiger partial charge in [-0.3, -0.25) is 19.3 Å². The summed E-state index contributed by atoms with van der Waals surface area (Å²) in [6, 6.07) is 10.8. The zero-order valence-electron chi connectivity index (χ0n) is 18.1. The highest BCUT2D eigenvalue weighted by atomic mass is 32.2. The van der Waals surface area contributed by atoms with Crippen LogP contribution in [0, 0.1) is 13.8 Å². The van der Waals surface area contributed by atoms with Crippen LogP contribution in [-0.2, 0) is 9.59 Å². The van der Waals surface area contributed by atoms with Gasteiger partial charge in [-0.05, 0) is 61.0 Å². The van der Waals surface area contributed by atoms with Crippen molar-refractivity contribution >= 4 is 40.6 Å². The Kier molecular flexibility index (Phi) is 7.37. The third-order valence-electron chi connectivity index (χ3n) is 4.67. The molecule has 0 saturated carbocycles. The molecule has 0 bridgehead atoms. The number of ether oxygens (including phenoxy) is 2. The molecule has 1 saturated heterocycles. The number of nitrogens with one attached hydrogen (secondary N) is 1. The first-order valence-electron chi connectivity index (χ1n) is 9.86. The summed E-state index contributed by atoms with van der Waals surface area (Å²) < 4.78 is 10.9. The Morgan fingerprint density at radius 2 is 1.94 bits per heavy atom. The molecule has 2 aromatic carbocycles. The second-order valence-electron chi connectivity index (χ2n) is 7.14. The van der Waals surface area contributed by atoms with Crippen LogP contribution in [0.3, 0.4) is 0 Å². The van der Waals surface area contributed by atoms with E-state index in [-0.39, 0.29) is 11.4 Å². The molecule has 0 aromatic heterocycles. The predicted octanol–water partition coefficient (Wildman–Crippen LogP) is 4.55. The number of anilines is 1. The minimum Gasteiger partial charge on any atom is -0.493 e. The van der Waals surface area contributed by atoms with Gasteiger partial charge in [-0.1, -0.05) is 36.4 Å². The molecule has 0 spiro atoms. The number of benzene rings is 2. The Hall–Kier alpha value is -3.52. The fourth-order valence-electron chi connectivity index (χ4n) is 3.12. The van der Waals surface area contributed by atoms with Crippen LogP contribution >= 0.6 is 11.8 Å². The van der Waals surface area contributed by atoms with Gasteiger partial charge in [-0.25, -0.2) is 0 Å². The fraction of sp³-hybridized carbons (Fsp3) is 0.208. The monoisotopic (exact) mass is 452 g/mol. The molecule has 32 heavy (non-hydrogen) atoms. The number of hydrogen-bond donors (Lipinski definition) is 1. The zero-order chi connectivity index (χ0) is 23.3. The van der Waals surface area contributed by atoms with Crippen LogP contribution in [-0.4, -0.2) is 42.2 Å². The van der Waals surface area contributed by atoms with Gasteiger partial charge in [0, 0.05) is 5.69 Å². The van der Waals surface area contributed by atoms with Gasteiger partial charge in [-0.2, -0.15) is 0 Å². The van der Waals surface area contributed by atoms with Gasteiger partial charge in [-0.15, -0.1) is 0 Å². The van der Waals surface area contributed by atoms with Crippen molar-refractivity contribution in [2.75, 3.05) is 25.6 Å². The third-order valence-corrected chi connectivity index (χ3v) is 5.58. The molecule has 0 unspecified atom stereocenters. The predicted molar refractivity (Wildman–Crippen MR) is 126 cm³/mol. The topological polar surface area (TPSA) is 84.9 Å². The number of aryl methyl sites for hydroxylation is 2. The maximum Gasteiger partial charge on any atom is 0.294 e. The van der Waals surface area contributed by atoms with Crippen LogP contribution in [0.25, 0.3) is 6.08 Å². The minimum absolute atomic E-state index is 0.233. The number of nitrogens with zero attached hydrogens (tertiary/aromatic N) is 1. The van der Waals surface area contributed by atoms with Crippen molar-refractivity contribution in [3.05, 3.63) is 70.6 Å². The van der Waals surface area contributed by atoms with Crippen LogP contribution in [0.2, 0.25) is 0 Å². The molecule has 0 radical (unpaired) electrons. The molecule has 166 valence electrons. The van der Waals surface area contributed by atoms with Gasteiger partial charge in [0.15, 0.2) is 11.5 Å². The Labute approximate surface area is 191 Å². The van der Waals surface area contributed by atoms with Crippen molar-refractivity contribution < 1.29 is 23.9 Å². The van der Waals surface area contributed by atoms with Crippen molar-refractivity contribution in [3.63, 3.8) is 0 Å². The second kappa shape index (κ2) is 10.2. The highest BCUT2D eigenvalue weighted by molar-refractivity contribution is 8.18. The van der Waals surface area contributed by atoms with E-state index in [0.29, 0.717) is 29.4 Å². The summed E-state index contributed by atoms with van der Waals surface area (Å²) in [6.07, 6.45) is 3.21. The number of rotatable bonds is 8. The van der Waals surface area contributed by atoms with Crippen molar-refractivity contribution in [2.45, 2.75) is 13.8 Å². The lowest BCUT2D eigenvalue weighted by atomic mass is 10.1. The van der Waals surface area contributed by atoms with Crippen molar-refractivity contribution in [2.24, 2.45) is 0 Å². The summed E-state index contributed by atoms with van der Waals surface area (Å²) in [7, 11) is 1.52. The molecule has 2 aromatic rings. The normalized spacial score (nSPS) is 14.6. The summed E-state index contributed by atoms with van der Waals surface area (Å²) in [4.78, 5) is 38.7. The summed E-state index contributed by atoms with van der Waals surface area (Å²) in [5.41, 5.74) is 3.29. The van der Waals surface area contributed by atoms with Crippen molar-refractivity contribution in [3.8, 4) is 11.5 Å². The van der Waals surface area contributed by atoms with Gasteiger partial charge < -0.3 is 14.8 Å². The summed E-state index contributed by atoms with van der Waals surface area (Å²) in [5.74, 6) is 0.0843. The SMILES string of the molecule is C=CCOc1ccc(/C=C2/SC(=O)N(CC(=O)Nc3ccc(C)cc3C)C2=O)cc1OC. The number of carbonyl (C=O) groups excluding carboxylic acids is 3. The fourth-order valence-corrected chi connectivity index (χ4v) is 3.96. The molecule has 1 aliphatic rings. The van der Waals surface area contributed by atoms with Crippen LogP contribution in [0.5, 0.6) is 11.5 Å². The van der Waals surface area contributed by atoms with Crippen molar-refractivity contribution in [1.29, 1.82) is 0 Å². The maximum atomic E-state index is 12.8. The van der Waals surface area contributed by atoms with Crippen molar-refractivity contribution in [1.82, 2.24) is 4.90 Å². The quantitative estimate of drug-likeness (QED) is 0.467. The minimum atomic E-state index is -0.512. The van der Waals surface area contributed by atoms with Gasteiger partial charge >= 0.3 is 0 Å². The Balaban J connectivity index is 1.71. The van der Waals surface area contributed by atoms with Gasteiger partial charge in [0.25, 0.3) is 11.1 Å². The molecule has 3 rings (SSSR count). The Morgan fingerprint density at radius 3 is 2.62 bits per heavy atom. The average Bonchev–Trinajstić information content (AvgIpc) is 3.02. The number of amides is 3. The molecule has 1 fully saturated rings. The van der Waals surface area contributed by atoms with E-state index in [2.05, 4.69) is 11.9 Å². The number of hydrogen-bond acceptors (Lipinski definition) is 6. The second-order valence-corrected chi connectivity index (χ2v) is 8.14. The first-order chi connectivity index (χ1) is 15.3. The number of thioether (sulfide) groups is 1. The Bertz CT molecular complexity index is 1110. The van der Waals surface area contributed by atoms with E-state index in [1.165, 1.54) is 7.11 Å². The molecule has 1 N–H and O–H groups in total. The zero-order valence-corrected chi connectivity index (χ0v) is 19.0. The maximum absolute atomic E-state index is 12.8. The largest absolute Gasteiger partial charge is 0.493 e. The summed E-state index contributed by atoms with van der Waals surface area (Å²) >= 11 is 0.795. The van der Waals surface area contributed by atoms with E-state index >= 15 is 0 Å². The van der Waals surface area contributed by atoms with Gasteiger partial charge in [0.05, 0.1) is 12.0 Å². The first-order valence-corrected chi connectivity index (χ1v) is 10.7. The summed E-state index contributed by atoms with van der Waals surface area (Å²) in [6.45, 7) is 7.43. The summed E-state index contributed by atoms with van der Waals surface area (Å²) in [5, 5.41) is 2.27. The lowest BCUT2D eigenvalue weighted by Gasteiger charge is -2.14. The number of imide groups is 1. The van der Waals surface area contributed by atoms with E-state index in [9.17, 15) is 14.4 Å². The number of methoxy groups -OCH3 is 1. The molecular weight excluding hydrogens is 428 g/mol. The van der Waals surface area contributed by atoms with E-state index < -0.39 is 17.1 Å². The lowest BCUT2D eigenvalue weighted by Crippen LogP contribution is -2.36. The van der Waals surface area contributed by atoms with Gasteiger partial charge in [0.2, 0.25) is 5.91 Å². The molecule has 1 heterocycles. The van der Waals surface area contributed by atoms with E-state index in [4.69, 9.17) is 9.47 Å². The van der Waals surface area contributed by atoms with E-state index in [1.54, 1.807) is 36.4 Å². The Morgan fingerprint density at radius 1 is 1.16 bits per heavy atom. The molecule has 1 aliphatic heterocycles. The molecule has 7 nitrogen and oxygen atoms in total. The molecule has 0 atom stereocenters. The van der Waals surface area contributed by atoms with Crippen LogP contribution in [0.4, 0.5) is 10.5 Å². The van der Waals surface area contributed by atoms with Crippen LogP contribution in [0.1, 0.15) is 16.7 Å². The number of carbonyl (C=O) groups is 3. The average molecular weight is 453 g/mol. The highest BCUT2D eigenvalue weighted by Gasteiger charge is 2.36. The van der Waals surface area contributed by atoms with E-state index in [0.717, 1.165) is 27.8 Å². The highest BCUT2D eigenvalue weighted by Crippen LogP contribution is 2.34. The third kappa shape index (κ3) is 5.39. The lowest BCUT2D eigenvalue weighted by molar-refractivity contribution is -0.127. The molecular formula is C24H24N2O5S. The standard InChI is InChI=1S/C24H24N2O5S/c1-5-10-31-19-9-7-17(12-20(19)30-4)13-21-23(28)26(24(29)32-21)14-22(27)25-18-8-6-15(2)11-16(18)3/h5-9,11-13H,1,10,14H2,2-4H3,(H,25,27)/b21-13+. The van der Waals surface area contributed by atoms with Crippen LogP contribution < -0.4 is 14.8 Å². The van der Waals surface area contributed by atoms with E-state index in [1.807, 2.05) is 26.0 Å². The first kappa shape index (κ1) is 23.1. The molecule has 3 amide bonds. The smallest absolute Gasteiger partial charge is 0.294 e. The molecule has 8 heteroatoms.